The molecule has 3 aromatic carbocycles. The fourth-order valence-corrected chi connectivity index (χ4v) is 5.06. The van der Waals surface area contributed by atoms with Crippen molar-refractivity contribution < 1.29 is 13.9 Å². The minimum Gasteiger partial charge on any atom is -0.494 e. The number of ether oxygens (including phenoxy) is 1. The number of amides is 1. The first-order chi connectivity index (χ1) is 17.3. The highest BCUT2D eigenvalue weighted by Crippen LogP contribution is 2.40. The minimum atomic E-state index is -0.642. The van der Waals surface area contributed by atoms with Crippen LogP contribution in [0.3, 0.4) is 0 Å². The molecule has 0 fully saturated rings. The lowest BCUT2D eigenvalue weighted by Gasteiger charge is -2.26. The number of benzene rings is 3. The molecule has 1 aliphatic heterocycles. The van der Waals surface area contributed by atoms with E-state index >= 15 is 0 Å². The molecule has 1 aromatic heterocycles. The van der Waals surface area contributed by atoms with E-state index in [-0.39, 0.29) is 23.6 Å². The molecule has 184 valence electrons. The van der Waals surface area contributed by atoms with Crippen molar-refractivity contribution in [1.29, 1.82) is 0 Å². The Balaban J connectivity index is 1.64. The zero-order valence-electron chi connectivity index (χ0n) is 20.0. The SMILES string of the molecule is CC(C)CCOc1cccc(C2c3c(oc4ccc(Br)cc4c3=O)C(=O)N2Cc2ccccc2Cl)c1. The summed E-state index contributed by atoms with van der Waals surface area (Å²) in [4.78, 5) is 29.1. The van der Waals surface area contributed by atoms with Crippen molar-refractivity contribution in [3.05, 3.63) is 109 Å². The molecule has 1 aliphatic rings. The van der Waals surface area contributed by atoms with E-state index in [0.29, 0.717) is 39.8 Å². The summed E-state index contributed by atoms with van der Waals surface area (Å²) in [5.74, 6) is 0.941. The summed E-state index contributed by atoms with van der Waals surface area (Å²) in [6.07, 6.45) is 0.929. The number of carbonyl (C=O) groups is 1. The first-order valence-corrected chi connectivity index (χ1v) is 13.0. The maximum Gasteiger partial charge on any atom is 0.291 e. The van der Waals surface area contributed by atoms with Crippen molar-refractivity contribution >= 4 is 44.4 Å². The first-order valence-electron chi connectivity index (χ1n) is 11.9. The highest BCUT2D eigenvalue weighted by molar-refractivity contribution is 9.10. The summed E-state index contributed by atoms with van der Waals surface area (Å²) in [6, 6.07) is 19.5. The number of rotatable bonds is 7. The van der Waals surface area contributed by atoms with Crippen LogP contribution in [-0.4, -0.2) is 17.4 Å². The second-order valence-electron chi connectivity index (χ2n) is 9.34. The molecule has 36 heavy (non-hydrogen) atoms. The molecule has 0 radical (unpaired) electrons. The number of hydrogen-bond acceptors (Lipinski definition) is 4. The molecule has 1 unspecified atom stereocenters. The zero-order chi connectivity index (χ0) is 25.4. The number of nitrogens with zero attached hydrogens (tertiary/aromatic N) is 1. The van der Waals surface area contributed by atoms with Crippen molar-refractivity contribution in [2.45, 2.75) is 32.9 Å². The van der Waals surface area contributed by atoms with Gasteiger partial charge in [0.05, 0.1) is 23.6 Å². The molecule has 1 atom stereocenters. The van der Waals surface area contributed by atoms with E-state index < -0.39 is 6.04 Å². The van der Waals surface area contributed by atoms with Gasteiger partial charge in [-0.2, -0.15) is 0 Å². The maximum atomic E-state index is 13.8. The molecule has 2 heterocycles. The molecule has 4 aromatic rings. The largest absolute Gasteiger partial charge is 0.494 e. The smallest absolute Gasteiger partial charge is 0.291 e. The van der Waals surface area contributed by atoms with Crippen LogP contribution >= 0.6 is 27.5 Å². The molecule has 5 nitrogen and oxygen atoms in total. The van der Waals surface area contributed by atoms with Crippen LogP contribution in [0.25, 0.3) is 11.0 Å². The lowest BCUT2D eigenvalue weighted by Crippen LogP contribution is -2.29. The van der Waals surface area contributed by atoms with Crippen LogP contribution < -0.4 is 10.2 Å². The standard InChI is InChI=1S/C29H25BrClNO4/c1-17(2)12-13-35-21-8-5-7-18(14-21)26-25-27(33)22-15-20(30)10-11-24(22)36-28(25)29(34)32(26)16-19-6-3-4-9-23(19)31/h3-11,14-15,17,26H,12-13,16H2,1-2H3. The van der Waals surface area contributed by atoms with Crippen LogP contribution in [0, 0.1) is 5.92 Å². The third-order valence-corrected chi connectivity index (χ3v) is 7.23. The van der Waals surface area contributed by atoms with Gasteiger partial charge < -0.3 is 14.1 Å². The van der Waals surface area contributed by atoms with Gasteiger partial charge in [0, 0.05) is 16.0 Å². The molecule has 0 saturated heterocycles. The molecule has 0 spiro atoms. The maximum absolute atomic E-state index is 13.8. The van der Waals surface area contributed by atoms with Crippen LogP contribution in [0.2, 0.25) is 5.02 Å². The molecule has 0 aliphatic carbocycles. The summed E-state index contributed by atoms with van der Waals surface area (Å²) in [5.41, 5.74) is 2.04. The van der Waals surface area contributed by atoms with E-state index in [0.717, 1.165) is 22.0 Å². The van der Waals surface area contributed by atoms with Gasteiger partial charge in [0.15, 0.2) is 5.43 Å². The molecule has 1 amide bonds. The van der Waals surface area contributed by atoms with Crippen molar-refractivity contribution in [1.82, 2.24) is 4.90 Å². The highest BCUT2D eigenvalue weighted by Gasteiger charge is 2.43. The second-order valence-corrected chi connectivity index (χ2v) is 10.7. The molecule has 0 N–H and O–H groups in total. The van der Waals surface area contributed by atoms with Crippen LogP contribution in [0.1, 0.15) is 53.6 Å². The Morgan fingerprint density at radius 2 is 1.86 bits per heavy atom. The van der Waals surface area contributed by atoms with E-state index in [9.17, 15) is 9.59 Å². The normalized spacial score (nSPS) is 15.1. The number of carbonyl (C=O) groups excluding carboxylic acids is 1. The van der Waals surface area contributed by atoms with Gasteiger partial charge in [-0.3, -0.25) is 9.59 Å². The molecule has 7 heteroatoms. The van der Waals surface area contributed by atoms with E-state index in [1.807, 2.05) is 42.5 Å². The van der Waals surface area contributed by atoms with Gasteiger partial charge in [0.1, 0.15) is 11.3 Å². The molecule has 0 bridgehead atoms. The summed E-state index contributed by atoms with van der Waals surface area (Å²) >= 11 is 9.89. The van der Waals surface area contributed by atoms with Crippen LogP contribution in [0.4, 0.5) is 0 Å². The van der Waals surface area contributed by atoms with Crippen LogP contribution in [0.5, 0.6) is 5.75 Å². The van der Waals surface area contributed by atoms with Gasteiger partial charge in [0.25, 0.3) is 5.91 Å². The van der Waals surface area contributed by atoms with Crippen molar-refractivity contribution in [3.8, 4) is 5.75 Å². The monoisotopic (exact) mass is 565 g/mol. The van der Waals surface area contributed by atoms with Crippen molar-refractivity contribution in [2.24, 2.45) is 5.92 Å². The Morgan fingerprint density at radius 1 is 1.06 bits per heavy atom. The lowest BCUT2D eigenvalue weighted by molar-refractivity contribution is 0.0714. The molecule has 0 saturated carbocycles. The van der Waals surface area contributed by atoms with E-state index in [2.05, 4.69) is 29.8 Å². The average Bonchev–Trinajstić information content (AvgIpc) is 3.13. The highest BCUT2D eigenvalue weighted by atomic mass is 79.9. The predicted octanol–water partition coefficient (Wildman–Crippen LogP) is 7.38. The number of hydrogen-bond donors (Lipinski definition) is 0. The average molecular weight is 567 g/mol. The van der Waals surface area contributed by atoms with E-state index in [1.54, 1.807) is 29.2 Å². The number of fused-ring (bicyclic) bond motifs is 2. The molecular formula is C29H25BrClNO4. The Labute approximate surface area is 222 Å². The third kappa shape index (κ3) is 4.67. The Morgan fingerprint density at radius 3 is 2.64 bits per heavy atom. The fraction of sp³-hybridized carbons (Fsp3) is 0.241. The van der Waals surface area contributed by atoms with Gasteiger partial charge in [-0.1, -0.05) is 71.7 Å². The van der Waals surface area contributed by atoms with E-state index in [1.165, 1.54) is 0 Å². The first kappa shape index (κ1) is 24.6. The minimum absolute atomic E-state index is 0.0676. The van der Waals surface area contributed by atoms with Crippen molar-refractivity contribution in [3.63, 3.8) is 0 Å². The Hall–Kier alpha value is -3.09. The molecule has 5 rings (SSSR count). The van der Waals surface area contributed by atoms with Crippen molar-refractivity contribution in [2.75, 3.05) is 6.61 Å². The second kappa shape index (κ2) is 10.1. The predicted molar refractivity (Wildman–Crippen MR) is 145 cm³/mol. The Bertz CT molecular complexity index is 1510. The van der Waals surface area contributed by atoms with Gasteiger partial charge in [-0.05, 0) is 59.9 Å². The number of halogens is 2. The van der Waals surface area contributed by atoms with Gasteiger partial charge >= 0.3 is 0 Å². The fourth-order valence-electron chi connectivity index (χ4n) is 4.50. The van der Waals surface area contributed by atoms with Gasteiger partial charge in [0.2, 0.25) is 5.76 Å². The van der Waals surface area contributed by atoms with Gasteiger partial charge in [-0.15, -0.1) is 0 Å². The van der Waals surface area contributed by atoms with Gasteiger partial charge in [-0.25, -0.2) is 0 Å². The third-order valence-electron chi connectivity index (χ3n) is 6.36. The van der Waals surface area contributed by atoms with E-state index in [4.69, 9.17) is 20.8 Å². The summed E-state index contributed by atoms with van der Waals surface area (Å²) < 4.78 is 12.8. The zero-order valence-corrected chi connectivity index (χ0v) is 22.3. The molecular weight excluding hydrogens is 542 g/mol. The quantitative estimate of drug-likeness (QED) is 0.234. The summed E-state index contributed by atoms with van der Waals surface area (Å²) in [5, 5.41) is 0.976. The topological polar surface area (TPSA) is 59.8 Å². The summed E-state index contributed by atoms with van der Waals surface area (Å²) in [7, 11) is 0. The Kier molecular flexibility index (Phi) is 6.91. The van der Waals surface area contributed by atoms with Crippen LogP contribution in [-0.2, 0) is 6.54 Å². The van der Waals surface area contributed by atoms with Crippen LogP contribution in [0.15, 0.2) is 80.4 Å². The summed E-state index contributed by atoms with van der Waals surface area (Å²) in [6.45, 7) is 5.11. The lowest BCUT2D eigenvalue weighted by atomic mass is 9.98.